The van der Waals surface area contributed by atoms with Gasteiger partial charge in [0.05, 0.1) is 11.7 Å². The van der Waals surface area contributed by atoms with Gasteiger partial charge in [-0.3, -0.25) is 19.0 Å². The van der Waals surface area contributed by atoms with Crippen molar-refractivity contribution in [1.29, 1.82) is 0 Å². The highest BCUT2D eigenvalue weighted by Crippen LogP contribution is 2.33. The number of hydrogen-bond acceptors (Lipinski definition) is 6. The van der Waals surface area contributed by atoms with E-state index in [0.29, 0.717) is 42.7 Å². The van der Waals surface area contributed by atoms with E-state index in [1.807, 2.05) is 53.2 Å². The summed E-state index contributed by atoms with van der Waals surface area (Å²) in [5.41, 5.74) is 1.74. The highest BCUT2D eigenvalue weighted by molar-refractivity contribution is 7.18. The summed E-state index contributed by atoms with van der Waals surface area (Å²) in [7, 11) is 0. The zero-order valence-corrected chi connectivity index (χ0v) is 20.1. The van der Waals surface area contributed by atoms with Gasteiger partial charge in [0.15, 0.2) is 0 Å². The Morgan fingerprint density at radius 1 is 1.06 bits per heavy atom. The maximum atomic E-state index is 13.2. The maximum Gasteiger partial charge on any atom is 0.263 e. The van der Waals surface area contributed by atoms with Crippen LogP contribution in [0.25, 0.3) is 20.7 Å². The number of fused-ring (bicyclic) bond motifs is 1. The molecule has 0 unspecified atom stereocenters. The van der Waals surface area contributed by atoms with Gasteiger partial charge in [-0.15, -0.1) is 22.7 Å². The number of hydrogen-bond donors (Lipinski definition) is 1. The van der Waals surface area contributed by atoms with Gasteiger partial charge in [-0.05, 0) is 29.9 Å². The van der Waals surface area contributed by atoms with Gasteiger partial charge in [-0.2, -0.15) is 0 Å². The Labute approximate surface area is 204 Å². The van der Waals surface area contributed by atoms with Crippen molar-refractivity contribution in [3.8, 4) is 10.4 Å². The lowest BCUT2D eigenvalue weighted by Crippen LogP contribution is -2.44. The smallest absolute Gasteiger partial charge is 0.263 e. The maximum absolute atomic E-state index is 13.2. The van der Waals surface area contributed by atoms with Gasteiger partial charge in [0, 0.05) is 41.4 Å². The summed E-state index contributed by atoms with van der Waals surface area (Å²) in [5.74, 6) is -0.202. The van der Waals surface area contributed by atoms with E-state index in [2.05, 4.69) is 10.3 Å². The van der Waals surface area contributed by atoms with E-state index in [4.69, 9.17) is 0 Å². The van der Waals surface area contributed by atoms with Crippen LogP contribution in [0.5, 0.6) is 0 Å². The van der Waals surface area contributed by atoms with Crippen molar-refractivity contribution in [3.05, 3.63) is 75.5 Å². The van der Waals surface area contributed by atoms with Crippen LogP contribution in [0.2, 0.25) is 0 Å². The topological polar surface area (TPSA) is 84.3 Å². The third-order valence-corrected chi connectivity index (χ3v) is 7.97. The highest BCUT2D eigenvalue weighted by atomic mass is 32.1. The first kappa shape index (κ1) is 22.5. The molecule has 0 bridgehead atoms. The van der Waals surface area contributed by atoms with E-state index in [1.165, 1.54) is 22.2 Å². The third-order valence-electron chi connectivity index (χ3n) is 6.18. The lowest BCUT2D eigenvalue weighted by molar-refractivity contribution is -0.136. The largest absolute Gasteiger partial charge is 0.352 e. The standard InChI is InChI=1S/C25H24N4O3S2/c30-21(28-10-8-18(9-11-28)23(31)26-13-17-5-2-1-3-6-17)14-29-16-27-24-22(25(29)32)19(15-34-24)20-7-4-12-33-20/h1-7,12,15-16,18H,8-11,13-14H2,(H,26,31). The minimum absolute atomic E-state index is 0.0281. The second-order valence-corrected chi connectivity index (χ2v) is 10.1. The summed E-state index contributed by atoms with van der Waals surface area (Å²) >= 11 is 3.01. The fourth-order valence-electron chi connectivity index (χ4n) is 4.26. The van der Waals surface area contributed by atoms with Crippen LogP contribution in [0.1, 0.15) is 18.4 Å². The molecule has 0 atom stereocenters. The average Bonchev–Trinajstić information content (AvgIpc) is 3.55. The molecule has 0 saturated carbocycles. The molecule has 0 radical (unpaired) electrons. The van der Waals surface area contributed by atoms with E-state index < -0.39 is 0 Å². The third kappa shape index (κ3) is 4.67. The van der Waals surface area contributed by atoms with Crippen LogP contribution in [0.15, 0.2) is 64.3 Å². The number of thiophene rings is 2. The quantitative estimate of drug-likeness (QED) is 0.444. The first-order valence-corrected chi connectivity index (χ1v) is 13.0. The predicted molar refractivity (Wildman–Crippen MR) is 135 cm³/mol. The van der Waals surface area contributed by atoms with E-state index in [9.17, 15) is 14.4 Å². The zero-order chi connectivity index (χ0) is 23.5. The van der Waals surface area contributed by atoms with Gasteiger partial charge in [-0.1, -0.05) is 36.4 Å². The molecule has 0 spiro atoms. The normalized spacial score (nSPS) is 14.4. The van der Waals surface area contributed by atoms with Crippen molar-refractivity contribution in [2.45, 2.75) is 25.9 Å². The summed E-state index contributed by atoms with van der Waals surface area (Å²) in [5, 5.41) is 7.49. The Kier molecular flexibility index (Phi) is 6.55. The molecule has 1 aliphatic heterocycles. The fourth-order valence-corrected chi connectivity index (χ4v) is 5.98. The Balaban J connectivity index is 1.20. The van der Waals surface area contributed by atoms with Crippen molar-refractivity contribution in [3.63, 3.8) is 0 Å². The van der Waals surface area contributed by atoms with Gasteiger partial charge in [0.1, 0.15) is 11.4 Å². The Hall–Kier alpha value is -3.30. The molecule has 1 saturated heterocycles. The van der Waals surface area contributed by atoms with E-state index in [-0.39, 0.29) is 29.8 Å². The van der Waals surface area contributed by atoms with E-state index >= 15 is 0 Å². The minimum atomic E-state index is -0.196. The first-order chi connectivity index (χ1) is 16.6. The summed E-state index contributed by atoms with van der Waals surface area (Å²) in [6.07, 6.45) is 2.69. The molecule has 0 aliphatic carbocycles. The number of aromatic nitrogens is 2. The fraction of sp³-hybridized carbons (Fsp3) is 0.280. The number of benzene rings is 1. The average molecular weight is 493 g/mol. The second-order valence-electron chi connectivity index (χ2n) is 8.34. The SMILES string of the molecule is O=C(NCc1ccccc1)C1CCN(C(=O)Cn2cnc3scc(-c4cccs4)c3c2=O)CC1. The number of nitrogens with zero attached hydrogens (tertiary/aromatic N) is 3. The second kappa shape index (κ2) is 9.90. The van der Waals surface area contributed by atoms with Crippen molar-refractivity contribution >= 4 is 44.7 Å². The van der Waals surface area contributed by atoms with Crippen LogP contribution < -0.4 is 10.9 Å². The molecule has 9 heteroatoms. The number of carbonyl (C=O) groups is 2. The summed E-state index contributed by atoms with van der Waals surface area (Å²) < 4.78 is 1.40. The van der Waals surface area contributed by atoms with Crippen LogP contribution in [0, 0.1) is 5.92 Å². The van der Waals surface area contributed by atoms with Crippen LogP contribution in [-0.4, -0.2) is 39.4 Å². The number of amides is 2. The van der Waals surface area contributed by atoms with Crippen molar-refractivity contribution in [1.82, 2.24) is 19.8 Å². The molecule has 1 aromatic carbocycles. The van der Waals surface area contributed by atoms with Gasteiger partial charge in [0.25, 0.3) is 5.56 Å². The molecule has 1 fully saturated rings. The molecule has 1 aliphatic rings. The Morgan fingerprint density at radius 3 is 2.59 bits per heavy atom. The number of nitrogens with one attached hydrogen (secondary N) is 1. The van der Waals surface area contributed by atoms with Crippen LogP contribution >= 0.6 is 22.7 Å². The Bertz CT molecular complexity index is 1350. The molecular formula is C25H24N4O3S2. The van der Waals surface area contributed by atoms with Crippen molar-refractivity contribution < 1.29 is 9.59 Å². The Morgan fingerprint density at radius 2 is 1.85 bits per heavy atom. The molecule has 174 valence electrons. The molecule has 5 rings (SSSR count). The number of likely N-dealkylation sites (tertiary alicyclic amines) is 1. The highest BCUT2D eigenvalue weighted by Gasteiger charge is 2.27. The summed E-state index contributed by atoms with van der Waals surface area (Å²) in [4.78, 5) is 46.5. The van der Waals surface area contributed by atoms with Crippen molar-refractivity contribution in [2.75, 3.05) is 13.1 Å². The lowest BCUT2D eigenvalue weighted by Gasteiger charge is -2.31. The van der Waals surface area contributed by atoms with Gasteiger partial charge >= 0.3 is 0 Å². The summed E-state index contributed by atoms with van der Waals surface area (Å²) in [6, 6.07) is 13.7. The molecule has 34 heavy (non-hydrogen) atoms. The van der Waals surface area contributed by atoms with Gasteiger partial charge in [-0.25, -0.2) is 4.98 Å². The van der Waals surface area contributed by atoms with Crippen molar-refractivity contribution in [2.24, 2.45) is 5.92 Å². The van der Waals surface area contributed by atoms with Crippen LogP contribution in [0.3, 0.4) is 0 Å². The van der Waals surface area contributed by atoms with E-state index in [1.54, 1.807) is 16.2 Å². The molecule has 4 aromatic rings. The number of carbonyl (C=O) groups excluding carboxylic acids is 2. The minimum Gasteiger partial charge on any atom is -0.352 e. The summed E-state index contributed by atoms with van der Waals surface area (Å²) in [6.45, 7) is 1.47. The molecule has 4 heterocycles. The predicted octanol–water partition coefficient (Wildman–Crippen LogP) is 3.74. The molecule has 7 nitrogen and oxygen atoms in total. The molecule has 1 N–H and O–H groups in total. The first-order valence-electron chi connectivity index (χ1n) is 11.2. The zero-order valence-electron chi connectivity index (χ0n) is 18.5. The molecule has 3 aromatic heterocycles. The number of piperidine rings is 1. The lowest BCUT2D eigenvalue weighted by atomic mass is 9.95. The van der Waals surface area contributed by atoms with Gasteiger partial charge in [0.2, 0.25) is 11.8 Å². The molecule has 2 amide bonds. The van der Waals surface area contributed by atoms with Gasteiger partial charge < -0.3 is 10.2 Å². The van der Waals surface area contributed by atoms with Crippen LogP contribution in [-0.2, 0) is 22.7 Å². The van der Waals surface area contributed by atoms with E-state index in [0.717, 1.165) is 16.0 Å². The number of rotatable bonds is 6. The monoisotopic (exact) mass is 492 g/mol. The van der Waals surface area contributed by atoms with Crippen LogP contribution in [0.4, 0.5) is 0 Å². The molecular weight excluding hydrogens is 468 g/mol.